The first-order valence-electron chi connectivity index (χ1n) is 15.3. The van der Waals surface area contributed by atoms with Crippen molar-refractivity contribution in [2.75, 3.05) is 31.5 Å². The normalized spacial score (nSPS) is 28.3. The monoisotopic (exact) mass is 607 g/mol. The van der Waals surface area contributed by atoms with E-state index in [1.807, 2.05) is 69.5 Å². The SMILES string of the molecule is CC(C)(C)OC(=O)N1CC2(CCCN2C[C@H]2O[C@@H](n3cnc4c(NC(O)c5ccccc5)ncnc43)[C@@H]3OC(C)(C)O[C@@H]32)C1. The third-order valence-corrected chi connectivity index (χ3v) is 8.91. The fourth-order valence-electron chi connectivity index (χ4n) is 7.00. The molecule has 4 fully saturated rings. The lowest BCUT2D eigenvalue weighted by Gasteiger charge is -2.53. The Bertz CT molecular complexity index is 1520. The number of fused-ring (bicyclic) bond motifs is 2. The van der Waals surface area contributed by atoms with Crippen LogP contribution in [0.2, 0.25) is 0 Å². The summed E-state index contributed by atoms with van der Waals surface area (Å²) in [4.78, 5) is 30.4. The van der Waals surface area contributed by atoms with Crippen molar-refractivity contribution in [1.82, 2.24) is 29.3 Å². The zero-order valence-electron chi connectivity index (χ0n) is 25.8. The minimum atomic E-state index is -0.964. The molecule has 13 heteroatoms. The number of imidazole rings is 1. The van der Waals surface area contributed by atoms with Crippen molar-refractivity contribution >= 4 is 23.1 Å². The van der Waals surface area contributed by atoms with Crippen LogP contribution >= 0.6 is 0 Å². The quantitative estimate of drug-likeness (QED) is 0.399. The van der Waals surface area contributed by atoms with Gasteiger partial charge >= 0.3 is 6.09 Å². The molecule has 4 saturated heterocycles. The Morgan fingerprint density at radius 3 is 2.64 bits per heavy atom. The molecule has 6 heterocycles. The maximum Gasteiger partial charge on any atom is 0.410 e. The summed E-state index contributed by atoms with van der Waals surface area (Å²) in [5.74, 6) is -0.362. The summed E-state index contributed by atoms with van der Waals surface area (Å²) in [6.07, 6.45) is 2.50. The van der Waals surface area contributed by atoms with Crippen LogP contribution in [0.4, 0.5) is 10.6 Å². The Kier molecular flexibility index (Phi) is 7.09. The van der Waals surface area contributed by atoms with Crippen molar-refractivity contribution in [3.63, 3.8) is 0 Å². The fourth-order valence-corrected chi connectivity index (χ4v) is 7.00. The average molecular weight is 608 g/mol. The predicted octanol–water partition coefficient (Wildman–Crippen LogP) is 3.43. The van der Waals surface area contributed by atoms with Crippen LogP contribution in [0.5, 0.6) is 0 Å². The number of aromatic nitrogens is 4. The molecule has 1 aromatic carbocycles. The molecule has 1 unspecified atom stereocenters. The number of aliphatic hydroxyl groups excluding tert-OH is 1. The number of hydrogen-bond donors (Lipinski definition) is 2. The number of carbonyl (C=O) groups is 1. The van der Waals surface area contributed by atoms with Crippen LogP contribution in [0.1, 0.15) is 65.5 Å². The van der Waals surface area contributed by atoms with E-state index in [9.17, 15) is 9.90 Å². The van der Waals surface area contributed by atoms with Gasteiger partial charge in [-0.25, -0.2) is 19.7 Å². The maximum absolute atomic E-state index is 12.7. The number of nitrogens with one attached hydrogen (secondary N) is 1. The van der Waals surface area contributed by atoms with Gasteiger partial charge in [0.25, 0.3) is 0 Å². The molecule has 2 aromatic heterocycles. The van der Waals surface area contributed by atoms with Gasteiger partial charge in [-0.2, -0.15) is 0 Å². The number of aliphatic hydroxyl groups is 1. The van der Waals surface area contributed by atoms with Crippen LogP contribution in [0, 0.1) is 0 Å². The Morgan fingerprint density at radius 1 is 1.14 bits per heavy atom. The lowest BCUT2D eigenvalue weighted by atomic mass is 9.87. The average Bonchev–Trinajstić information content (AvgIpc) is 3.70. The highest BCUT2D eigenvalue weighted by molar-refractivity contribution is 5.82. The molecule has 7 rings (SSSR count). The van der Waals surface area contributed by atoms with Crippen molar-refractivity contribution < 1.29 is 28.8 Å². The summed E-state index contributed by atoms with van der Waals surface area (Å²) in [5, 5.41) is 13.8. The van der Waals surface area contributed by atoms with E-state index < -0.39 is 23.8 Å². The molecule has 1 amide bonds. The number of carbonyl (C=O) groups excluding carboxylic acids is 1. The molecule has 0 aliphatic carbocycles. The molecule has 0 bridgehead atoms. The zero-order chi connectivity index (χ0) is 30.9. The van der Waals surface area contributed by atoms with Gasteiger partial charge in [0.05, 0.1) is 11.9 Å². The van der Waals surface area contributed by atoms with Crippen molar-refractivity contribution in [2.24, 2.45) is 0 Å². The number of benzene rings is 1. The van der Waals surface area contributed by atoms with Gasteiger partial charge in [-0.05, 0) is 54.0 Å². The number of ether oxygens (including phenoxy) is 4. The van der Waals surface area contributed by atoms with Gasteiger partial charge in [0.1, 0.15) is 30.2 Å². The van der Waals surface area contributed by atoms with E-state index in [1.165, 1.54) is 6.33 Å². The van der Waals surface area contributed by atoms with Crippen molar-refractivity contribution in [2.45, 2.75) is 95.2 Å². The largest absolute Gasteiger partial charge is 0.444 e. The molecule has 236 valence electrons. The molecule has 13 nitrogen and oxygen atoms in total. The summed E-state index contributed by atoms with van der Waals surface area (Å²) in [5.41, 5.74) is 1.18. The topological polar surface area (TPSA) is 136 Å². The van der Waals surface area contributed by atoms with Crippen LogP contribution in [-0.2, 0) is 18.9 Å². The molecule has 0 radical (unpaired) electrons. The van der Waals surface area contributed by atoms with Crippen molar-refractivity contribution in [3.05, 3.63) is 48.5 Å². The summed E-state index contributed by atoms with van der Waals surface area (Å²) in [7, 11) is 0. The van der Waals surface area contributed by atoms with Crippen LogP contribution in [0.25, 0.3) is 11.2 Å². The van der Waals surface area contributed by atoms with Gasteiger partial charge in [0.2, 0.25) is 0 Å². The first-order valence-corrected chi connectivity index (χ1v) is 15.3. The van der Waals surface area contributed by atoms with Gasteiger partial charge < -0.3 is 34.3 Å². The lowest BCUT2D eigenvalue weighted by Crippen LogP contribution is -2.70. The van der Waals surface area contributed by atoms with E-state index in [0.29, 0.717) is 42.2 Å². The maximum atomic E-state index is 12.7. The van der Waals surface area contributed by atoms with Gasteiger partial charge in [-0.1, -0.05) is 30.3 Å². The van der Waals surface area contributed by atoms with E-state index in [-0.39, 0.29) is 29.9 Å². The first-order chi connectivity index (χ1) is 20.9. The molecule has 4 aliphatic heterocycles. The summed E-state index contributed by atoms with van der Waals surface area (Å²) in [6, 6.07) is 9.30. The Labute approximate surface area is 256 Å². The van der Waals surface area contributed by atoms with E-state index in [0.717, 1.165) is 19.4 Å². The molecular formula is C31H41N7O6. The Morgan fingerprint density at radius 2 is 1.89 bits per heavy atom. The fraction of sp³-hybridized carbons (Fsp3) is 0.613. The smallest absolute Gasteiger partial charge is 0.410 e. The van der Waals surface area contributed by atoms with E-state index >= 15 is 0 Å². The number of nitrogens with zero attached hydrogens (tertiary/aromatic N) is 6. The third kappa shape index (κ3) is 5.30. The molecule has 44 heavy (non-hydrogen) atoms. The summed E-state index contributed by atoms with van der Waals surface area (Å²) < 4.78 is 27.0. The van der Waals surface area contributed by atoms with Crippen LogP contribution in [0.3, 0.4) is 0 Å². The summed E-state index contributed by atoms with van der Waals surface area (Å²) >= 11 is 0. The van der Waals surface area contributed by atoms with Crippen LogP contribution in [0.15, 0.2) is 43.0 Å². The molecule has 1 spiro atoms. The second kappa shape index (κ2) is 10.6. The van der Waals surface area contributed by atoms with E-state index in [4.69, 9.17) is 18.9 Å². The van der Waals surface area contributed by atoms with E-state index in [1.54, 1.807) is 11.2 Å². The molecule has 3 aromatic rings. The Balaban J connectivity index is 1.10. The highest BCUT2D eigenvalue weighted by Crippen LogP contribution is 2.46. The summed E-state index contributed by atoms with van der Waals surface area (Å²) in [6.45, 7) is 12.4. The zero-order valence-corrected chi connectivity index (χ0v) is 25.8. The van der Waals surface area contributed by atoms with Gasteiger partial charge in [-0.3, -0.25) is 9.47 Å². The Hall–Kier alpha value is -3.36. The van der Waals surface area contributed by atoms with E-state index in [2.05, 4.69) is 25.2 Å². The third-order valence-electron chi connectivity index (χ3n) is 8.91. The minimum Gasteiger partial charge on any atom is -0.444 e. The van der Waals surface area contributed by atoms with Gasteiger partial charge in [0, 0.05) is 25.2 Å². The highest BCUT2D eigenvalue weighted by Gasteiger charge is 2.59. The number of anilines is 1. The second-order valence-electron chi connectivity index (χ2n) is 13.7. The molecule has 5 atom stereocenters. The highest BCUT2D eigenvalue weighted by atomic mass is 16.8. The minimum absolute atomic E-state index is 0.0854. The molecular weight excluding hydrogens is 566 g/mol. The number of likely N-dealkylation sites (tertiary alicyclic amines) is 2. The van der Waals surface area contributed by atoms with Gasteiger partial charge in [-0.15, -0.1) is 0 Å². The van der Waals surface area contributed by atoms with Crippen molar-refractivity contribution in [3.8, 4) is 0 Å². The molecule has 2 N–H and O–H groups in total. The molecule has 0 saturated carbocycles. The van der Waals surface area contributed by atoms with Crippen LogP contribution < -0.4 is 5.32 Å². The number of amides is 1. The van der Waals surface area contributed by atoms with Gasteiger partial charge in [0.15, 0.2) is 35.2 Å². The number of rotatable bonds is 6. The number of hydrogen-bond acceptors (Lipinski definition) is 11. The van der Waals surface area contributed by atoms with Crippen LogP contribution in [-0.4, -0.2) is 102 Å². The molecule has 4 aliphatic rings. The first kappa shape index (κ1) is 29.4. The standard InChI is InChI=1S/C31H41N7O6/c1-29(2,3)44-28(40)36-15-31(16-36)12-9-13-37(31)14-20-22-23(43-30(4,5)42-22)27(41-20)38-18-34-21-24(32-17-33-25(21)38)35-26(39)19-10-7-6-8-11-19/h6-8,10-11,17-18,20,22-23,26-27,39H,9,12-16H2,1-5H3,(H,32,33,35)/t20-,22-,23-,26?,27-/m1/s1. The lowest BCUT2D eigenvalue weighted by molar-refractivity contribution is -0.200. The predicted molar refractivity (Wildman–Crippen MR) is 159 cm³/mol. The second-order valence-corrected chi connectivity index (χ2v) is 13.7. The van der Waals surface area contributed by atoms with Crippen molar-refractivity contribution in [1.29, 1.82) is 0 Å².